The summed E-state index contributed by atoms with van der Waals surface area (Å²) < 4.78 is 0.978. The van der Waals surface area contributed by atoms with Gasteiger partial charge in [0.1, 0.15) is 0 Å². The Morgan fingerprint density at radius 2 is 2.33 bits per heavy atom. The summed E-state index contributed by atoms with van der Waals surface area (Å²) in [5, 5.41) is 3.36. The normalized spacial score (nSPS) is 10.6. The van der Waals surface area contributed by atoms with Crippen molar-refractivity contribution in [3.63, 3.8) is 0 Å². The van der Waals surface area contributed by atoms with E-state index in [1.165, 1.54) is 6.92 Å². The van der Waals surface area contributed by atoms with E-state index in [9.17, 15) is 4.79 Å². The van der Waals surface area contributed by atoms with E-state index in [1.807, 2.05) is 30.4 Å². The van der Waals surface area contributed by atoms with Crippen molar-refractivity contribution in [2.75, 3.05) is 6.54 Å². The molecule has 1 amide bonds. The largest absolute Gasteiger partial charge is 0.353 e. The maximum atomic E-state index is 10.6. The highest BCUT2D eigenvalue weighted by Gasteiger charge is 1.96. The van der Waals surface area contributed by atoms with Crippen molar-refractivity contribution in [3.05, 3.63) is 39.3 Å². The molecular formula is C11H11BrClNO. The first-order valence-electron chi connectivity index (χ1n) is 4.45. The number of benzene rings is 1. The van der Waals surface area contributed by atoms with Crippen LogP contribution in [0.1, 0.15) is 12.5 Å². The monoisotopic (exact) mass is 287 g/mol. The van der Waals surface area contributed by atoms with Gasteiger partial charge in [0.05, 0.1) is 0 Å². The van der Waals surface area contributed by atoms with Gasteiger partial charge in [-0.05, 0) is 23.8 Å². The minimum absolute atomic E-state index is 0.0417. The van der Waals surface area contributed by atoms with Crippen LogP contribution in [0.2, 0.25) is 5.02 Å². The SMILES string of the molecule is CC(=O)NCC=Cc1cc(Br)ccc1Cl. The second-order valence-electron chi connectivity index (χ2n) is 3.01. The molecule has 0 aromatic heterocycles. The summed E-state index contributed by atoms with van der Waals surface area (Å²) in [6, 6.07) is 5.63. The highest BCUT2D eigenvalue weighted by atomic mass is 79.9. The molecule has 0 fully saturated rings. The van der Waals surface area contributed by atoms with Crippen molar-refractivity contribution >= 4 is 39.5 Å². The zero-order valence-corrected chi connectivity index (χ0v) is 10.6. The molecule has 0 saturated carbocycles. The Bertz CT molecular complexity index is 390. The molecule has 0 aliphatic rings. The molecule has 1 rings (SSSR count). The summed E-state index contributed by atoms with van der Waals surface area (Å²) >= 11 is 9.34. The highest BCUT2D eigenvalue weighted by molar-refractivity contribution is 9.10. The van der Waals surface area contributed by atoms with Gasteiger partial charge in [0.2, 0.25) is 5.91 Å². The third-order valence-corrected chi connectivity index (χ3v) is 2.56. The molecule has 0 saturated heterocycles. The van der Waals surface area contributed by atoms with Crippen LogP contribution in [0.4, 0.5) is 0 Å². The van der Waals surface area contributed by atoms with Gasteiger partial charge in [-0.25, -0.2) is 0 Å². The lowest BCUT2D eigenvalue weighted by Crippen LogP contribution is -2.19. The Kier molecular flexibility index (Phi) is 4.85. The van der Waals surface area contributed by atoms with E-state index in [0.29, 0.717) is 11.6 Å². The number of amides is 1. The van der Waals surface area contributed by atoms with Gasteiger partial charge in [0, 0.05) is 23.0 Å². The second kappa shape index (κ2) is 5.93. The molecule has 2 nitrogen and oxygen atoms in total. The van der Waals surface area contributed by atoms with Gasteiger partial charge in [-0.2, -0.15) is 0 Å². The van der Waals surface area contributed by atoms with E-state index in [1.54, 1.807) is 0 Å². The molecule has 0 aliphatic carbocycles. The molecule has 1 aromatic carbocycles. The highest BCUT2D eigenvalue weighted by Crippen LogP contribution is 2.21. The van der Waals surface area contributed by atoms with Crippen LogP contribution in [0.25, 0.3) is 6.08 Å². The summed E-state index contributed by atoms with van der Waals surface area (Å²) in [5.41, 5.74) is 0.927. The number of carbonyl (C=O) groups excluding carboxylic acids is 1. The molecule has 80 valence electrons. The van der Waals surface area contributed by atoms with E-state index < -0.39 is 0 Å². The Hall–Kier alpha value is -0.800. The quantitative estimate of drug-likeness (QED) is 0.909. The fourth-order valence-electron chi connectivity index (χ4n) is 1.03. The van der Waals surface area contributed by atoms with E-state index in [4.69, 9.17) is 11.6 Å². The Morgan fingerprint density at radius 1 is 1.60 bits per heavy atom. The van der Waals surface area contributed by atoms with Gasteiger partial charge in [0.25, 0.3) is 0 Å². The topological polar surface area (TPSA) is 29.1 Å². The zero-order chi connectivity index (χ0) is 11.3. The van der Waals surface area contributed by atoms with Crippen LogP contribution >= 0.6 is 27.5 Å². The van der Waals surface area contributed by atoms with Crippen LogP contribution in [0.3, 0.4) is 0 Å². The first kappa shape index (κ1) is 12.3. The molecule has 0 radical (unpaired) electrons. The van der Waals surface area contributed by atoms with Gasteiger partial charge in [-0.15, -0.1) is 0 Å². The van der Waals surface area contributed by atoms with Gasteiger partial charge >= 0.3 is 0 Å². The van der Waals surface area contributed by atoms with Crippen LogP contribution in [0.5, 0.6) is 0 Å². The number of nitrogens with one attached hydrogen (secondary N) is 1. The number of carbonyl (C=O) groups is 1. The number of rotatable bonds is 3. The molecule has 0 spiro atoms. The molecule has 0 heterocycles. The summed E-state index contributed by atoms with van der Waals surface area (Å²) in [7, 11) is 0. The first-order chi connectivity index (χ1) is 7.09. The number of hydrogen-bond donors (Lipinski definition) is 1. The average Bonchev–Trinajstić information content (AvgIpc) is 2.17. The van der Waals surface area contributed by atoms with Crippen LogP contribution < -0.4 is 5.32 Å². The first-order valence-corrected chi connectivity index (χ1v) is 5.62. The fraction of sp³-hybridized carbons (Fsp3) is 0.182. The molecular weight excluding hydrogens is 277 g/mol. The fourth-order valence-corrected chi connectivity index (χ4v) is 1.59. The Labute approximate surface area is 102 Å². The van der Waals surface area contributed by atoms with E-state index in [2.05, 4.69) is 21.2 Å². The molecule has 1 N–H and O–H groups in total. The zero-order valence-electron chi connectivity index (χ0n) is 8.26. The van der Waals surface area contributed by atoms with Crippen molar-refractivity contribution in [2.24, 2.45) is 0 Å². The Morgan fingerprint density at radius 3 is 3.00 bits per heavy atom. The summed E-state index contributed by atoms with van der Waals surface area (Å²) in [6.45, 7) is 2.00. The molecule has 0 bridgehead atoms. The van der Waals surface area contributed by atoms with Crippen LogP contribution in [0, 0.1) is 0 Å². The molecule has 0 unspecified atom stereocenters. The third-order valence-electron chi connectivity index (χ3n) is 1.72. The number of hydrogen-bond acceptors (Lipinski definition) is 1. The predicted molar refractivity (Wildman–Crippen MR) is 66.9 cm³/mol. The molecule has 15 heavy (non-hydrogen) atoms. The standard InChI is InChI=1S/C11H11BrClNO/c1-8(15)14-6-2-3-9-7-10(12)4-5-11(9)13/h2-5,7H,6H2,1H3,(H,14,15). The van der Waals surface area contributed by atoms with Crippen molar-refractivity contribution in [1.82, 2.24) is 5.32 Å². The lowest BCUT2D eigenvalue weighted by Gasteiger charge is -1.99. The van der Waals surface area contributed by atoms with Gasteiger partial charge in [-0.3, -0.25) is 4.79 Å². The van der Waals surface area contributed by atoms with E-state index >= 15 is 0 Å². The van der Waals surface area contributed by atoms with Gasteiger partial charge in [0.15, 0.2) is 0 Å². The minimum Gasteiger partial charge on any atom is -0.353 e. The molecule has 1 aromatic rings. The second-order valence-corrected chi connectivity index (χ2v) is 4.33. The maximum Gasteiger partial charge on any atom is 0.217 e. The minimum atomic E-state index is -0.0417. The average molecular weight is 289 g/mol. The maximum absolute atomic E-state index is 10.6. The molecule has 0 aliphatic heterocycles. The van der Waals surface area contributed by atoms with Crippen molar-refractivity contribution in [2.45, 2.75) is 6.92 Å². The smallest absolute Gasteiger partial charge is 0.217 e. The Balaban J connectivity index is 2.63. The van der Waals surface area contributed by atoms with E-state index in [0.717, 1.165) is 10.0 Å². The predicted octanol–water partition coefficient (Wildman–Crippen LogP) is 3.25. The molecule has 0 atom stereocenters. The van der Waals surface area contributed by atoms with Crippen molar-refractivity contribution in [3.8, 4) is 0 Å². The van der Waals surface area contributed by atoms with E-state index in [-0.39, 0.29) is 5.91 Å². The van der Waals surface area contributed by atoms with Gasteiger partial charge in [-0.1, -0.05) is 39.7 Å². The van der Waals surface area contributed by atoms with Crippen LogP contribution in [0.15, 0.2) is 28.7 Å². The van der Waals surface area contributed by atoms with Gasteiger partial charge < -0.3 is 5.32 Å². The van der Waals surface area contributed by atoms with Crippen molar-refractivity contribution in [1.29, 1.82) is 0 Å². The van der Waals surface area contributed by atoms with Crippen LogP contribution in [-0.2, 0) is 4.79 Å². The molecule has 4 heteroatoms. The van der Waals surface area contributed by atoms with Crippen molar-refractivity contribution < 1.29 is 4.79 Å². The third kappa shape index (κ3) is 4.49. The summed E-state index contributed by atoms with van der Waals surface area (Å²) in [6.07, 6.45) is 3.73. The number of halogens is 2. The lowest BCUT2D eigenvalue weighted by molar-refractivity contribution is -0.118. The summed E-state index contributed by atoms with van der Waals surface area (Å²) in [5.74, 6) is -0.0417. The van der Waals surface area contributed by atoms with Crippen LogP contribution in [-0.4, -0.2) is 12.5 Å². The summed E-state index contributed by atoms with van der Waals surface area (Å²) in [4.78, 5) is 10.6. The lowest BCUT2D eigenvalue weighted by atomic mass is 10.2.